The Morgan fingerprint density at radius 3 is 2.38 bits per heavy atom. The summed E-state index contributed by atoms with van der Waals surface area (Å²) in [5, 5.41) is 3.46. The van der Waals surface area contributed by atoms with Crippen LogP contribution in [0.5, 0.6) is 0 Å². The van der Waals surface area contributed by atoms with Gasteiger partial charge in [0.2, 0.25) is 0 Å². The number of nitrogens with two attached hydrogens (primary N) is 1. The molecule has 13 heavy (non-hydrogen) atoms. The number of halogens is 5. The van der Waals surface area contributed by atoms with Crippen LogP contribution in [0.4, 0.5) is 19.0 Å². The second-order valence-electron chi connectivity index (χ2n) is 2.18. The van der Waals surface area contributed by atoms with Crippen LogP contribution in [0.3, 0.4) is 0 Å². The maximum absolute atomic E-state index is 11.8. The number of nitrogen functional groups attached to an aromatic ring is 1. The normalized spacial score (nSPS) is 11.1. The zero-order chi connectivity index (χ0) is 9.35. The Balaban J connectivity index is 0.00000144. The van der Waals surface area contributed by atoms with Crippen LogP contribution in [-0.2, 0) is 6.54 Å². The fraction of sp³-hybridized carbons (Fsp3) is 0.400. The van der Waals surface area contributed by atoms with Crippen molar-refractivity contribution in [2.45, 2.75) is 12.7 Å². The van der Waals surface area contributed by atoms with Crippen LogP contribution in [0.1, 0.15) is 0 Å². The molecule has 0 aromatic carbocycles. The van der Waals surface area contributed by atoms with Crippen LogP contribution in [0.2, 0.25) is 0 Å². The average molecular weight is 327 g/mol. The second-order valence-corrected chi connectivity index (χ2v) is 3.34. The Morgan fingerprint density at radius 1 is 1.54 bits per heavy atom. The van der Waals surface area contributed by atoms with E-state index in [0.29, 0.717) is 3.57 Å². The molecule has 0 aliphatic carbocycles. The van der Waals surface area contributed by atoms with E-state index in [1.54, 1.807) is 0 Å². The van der Waals surface area contributed by atoms with Gasteiger partial charge in [0.1, 0.15) is 6.54 Å². The summed E-state index contributed by atoms with van der Waals surface area (Å²) in [4.78, 5) is 0. The highest BCUT2D eigenvalue weighted by molar-refractivity contribution is 14.1. The predicted molar refractivity (Wildman–Crippen MR) is 52.7 cm³/mol. The average Bonchev–Trinajstić information content (AvgIpc) is 2.07. The Morgan fingerprint density at radius 2 is 2.08 bits per heavy atom. The molecule has 0 unspecified atom stereocenters. The van der Waals surface area contributed by atoms with E-state index in [9.17, 15) is 13.2 Å². The molecule has 0 amide bonds. The van der Waals surface area contributed by atoms with Gasteiger partial charge in [-0.15, -0.1) is 12.4 Å². The lowest BCUT2D eigenvalue weighted by molar-refractivity contribution is -0.142. The molecule has 0 bridgehead atoms. The van der Waals surface area contributed by atoms with E-state index in [1.807, 2.05) is 22.6 Å². The summed E-state index contributed by atoms with van der Waals surface area (Å²) in [6.45, 7) is -1.10. The number of alkyl halides is 3. The first-order chi connectivity index (χ1) is 5.38. The summed E-state index contributed by atoms with van der Waals surface area (Å²) in [5.41, 5.74) is 5.25. The lowest BCUT2D eigenvalue weighted by Gasteiger charge is -2.04. The fourth-order valence-electron chi connectivity index (χ4n) is 0.677. The number of nitrogens with zero attached hydrogens (tertiary/aromatic N) is 2. The zero-order valence-corrected chi connectivity index (χ0v) is 9.15. The highest BCUT2D eigenvalue weighted by atomic mass is 127. The molecular formula is C5H6ClF3IN3. The van der Waals surface area contributed by atoms with Crippen molar-refractivity contribution in [3.05, 3.63) is 9.77 Å². The van der Waals surface area contributed by atoms with E-state index in [2.05, 4.69) is 5.10 Å². The molecule has 2 N–H and O–H groups in total. The van der Waals surface area contributed by atoms with Gasteiger partial charge in [-0.1, -0.05) is 0 Å². The minimum Gasteiger partial charge on any atom is -0.381 e. The van der Waals surface area contributed by atoms with Gasteiger partial charge in [-0.25, -0.2) is 0 Å². The van der Waals surface area contributed by atoms with Gasteiger partial charge < -0.3 is 5.73 Å². The molecule has 0 spiro atoms. The third-order valence-corrected chi connectivity index (χ3v) is 1.92. The second kappa shape index (κ2) is 4.36. The Labute approximate surface area is 92.0 Å². The minimum atomic E-state index is -4.25. The quantitative estimate of drug-likeness (QED) is 0.803. The summed E-state index contributed by atoms with van der Waals surface area (Å²) in [5.74, 6) is 0.125. The molecule has 0 fully saturated rings. The van der Waals surface area contributed by atoms with E-state index in [1.165, 1.54) is 6.20 Å². The molecule has 0 saturated carbocycles. The molecule has 1 aromatic rings. The smallest absolute Gasteiger partial charge is 0.381 e. The van der Waals surface area contributed by atoms with Crippen molar-refractivity contribution in [1.29, 1.82) is 0 Å². The predicted octanol–water partition coefficient (Wildman–Crippen LogP) is 2.05. The van der Waals surface area contributed by atoms with Gasteiger partial charge in [0.25, 0.3) is 0 Å². The van der Waals surface area contributed by atoms with Crippen LogP contribution in [-0.4, -0.2) is 16.0 Å². The summed E-state index contributed by atoms with van der Waals surface area (Å²) >= 11 is 1.82. The first-order valence-electron chi connectivity index (χ1n) is 2.93. The Hall–Kier alpha value is -0.180. The van der Waals surface area contributed by atoms with Gasteiger partial charge in [0, 0.05) is 6.20 Å². The highest BCUT2D eigenvalue weighted by Gasteiger charge is 2.28. The van der Waals surface area contributed by atoms with Gasteiger partial charge >= 0.3 is 6.18 Å². The first kappa shape index (κ1) is 12.8. The van der Waals surface area contributed by atoms with Crippen LogP contribution >= 0.6 is 35.0 Å². The molecular weight excluding hydrogens is 321 g/mol. The van der Waals surface area contributed by atoms with Gasteiger partial charge in [0.05, 0.1) is 3.57 Å². The molecule has 0 aliphatic heterocycles. The van der Waals surface area contributed by atoms with Crippen molar-refractivity contribution in [3.8, 4) is 0 Å². The van der Waals surface area contributed by atoms with E-state index >= 15 is 0 Å². The van der Waals surface area contributed by atoms with Crippen molar-refractivity contribution in [2.24, 2.45) is 0 Å². The van der Waals surface area contributed by atoms with Crippen molar-refractivity contribution in [1.82, 2.24) is 9.78 Å². The standard InChI is InChI=1S/C5H5F3IN3.ClH/c6-5(7,8)2-12-1-3(9)4(10)11-12;/h1H,2H2,(H2,10,11);1H. The summed E-state index contributed by atoms with van der Waals surface area (Å²) < 4.78 is 36.6. The number of hydrogen-bond acceptors (Lipinski definition) is 2. The maximum atomic E-state index is 11.8. The molecule has 1 rings (SSSR count). The highest BCUT2D eigenvalue weighted by Crippen LogP contribution is 2.19. The molecule has 1 heterocycles. The summed E-state index contributed by atoms with van der Waals surface area (Å²) in [6, 6.07) is 0. The van der Waals surface area contributed by atoms with Crippen molar-refractivity contribution in [3.63, 3.8) is 0 Å². The van der Waals surface area contributed by atoms with Crippen LogP contribution in [0.15, 0.2) is 6.20 Å². The first-order valence-corrected chi connectivity index (χ1v) is 4.01. The van der Waals surface area contributed by atoms with E-state index in [-0.39, 0.29) is 18.2 Å². The number of anilines is 1. The maximum Gasteiger partial charge on any atom is 0.408 e. The molecule has 0 saturated heterocycles. The molecule has 76 valence electrons. The largest absolute Gasteiger partial charge is 0.408 e. The van der Waals surface area contributed by atoms with Crippen molar-refractivity contribution < 1.29 is 13.2 Å². The SMILES string of the molecule is Cl.Nc1nn(CC(F)(F)F)cc1I. The summed E-state index contributed by atoms with van der Waals surface area (Å²) in [7, 11) is 0. The fourth-order valence-corrected chi connectivity index (χ4v) is 1.11. The van der Waals surface area contributed by atoms with Crippen molar-refractivity contribution in [2.75, 3.05) is 5.73 Å². The van der Waals surface area contributed by atoms with E-state index < -0.39 is 12.7 Å². The van der Waals surface area contributed by atoms with Gasteiger partial charge in [-0.2, -0.15) is 18.3 Å². The molecule has 3 nitrogen and oxygen atoms in total. The van der Waals surface area contributed by atoms with E-state index in [4.69, 9.17) is 5.73 Å². The van der Waals surface area contributed by atoms with Gasteiger partial charge in [0.15, 0.2) is 5.82 Å². The topological polar surface area (TPSA) is 43.8 Å². The zero-order valence-electron chi connectivity index (χ0n) is 6.18. The van der Waals surface area contributed by atoms with Gasteiger partial charge in [-0.05, 0) is 22.6 Å². The molecule has 0 aliphatic rings. The van der Waals surface area contributed by atoms with Crippen LogP contribution in [0, 0.1) is 3.57 Å². The van der Waals surface area contributed by atoms with Crippen molar-refractivity contribution >= 4 is 40.8 Å². The Kier molecular flexibility index (Phi) is 4.30. The van der Waals surface area contributed by atoms with E-state index in [0.717, 1.165) is 4.68 Å². The minimum absolute atomic E-state index is 0. The molecule has 1 aromatic heterocycles. The molecule has 0 radical (unpaired) electrons. The number of rotatable bonds is 1. The van der Waals surface area contributed by atoms with Gasteiger partial charge in [-0.3, -0.25) is 4.68 Å². The lowest BCUT2D eigenvalue weighted by Crippen LogP contribution is -2.18. The van der Waals surface area contributed by atoms with Crippen LogP contribution in [0.25, 0.3) is 0 Å². The summed E-state index contributed by atoms with van der Waals surface area (Å²) in [6.07, 6.45) is -3.00. The van der Waals surface area contributed by atoms with Crippen LogP contribution < -0.4 is 5.73 Å². The Bertz CT molecular complexity index is 266. The molecule has 8 heteroatoms. The monoisotopic (exact) mass is 327 g/mol. The number of hydrogen-bond donors (Lipinski definition) is 1. The third kappa shape index (κ3) is 4.03. The number of aromatic nitrogens is 2. The lowest BCUT2D eigenvalue weighted by atomic mass is 10.6. The molecule has 0 atom stereocenters. The third-order valence-electron chi connectivity index (χ3n) is 1.08.